The third kappa shape index (κ3) is 4.38. The molecule has 1 heterocycles. The van der Waals surface area contributed by atoms with Crippen molar-refractivity contribution in [1.82, 2.24) is 4.90 Å². The molecule has 36 heavy (non-hydrogen) atoms. The van der Waals surface area contributed by atoms with Gasteiger partial charge in [-0.3, -0.25) is 14.5 Å². The minimum absolute atomic E-state index is 0.00601. The van der Waals surface area contributed by atoms with Gasteiger partial charge in [-0.1, -0.05) is 72.8 Å². The standard InChI is InChI=1S/C31H34N2O3/c1-32(2)31(25-11-7-4-8-12-25)19-17-30(18-20-31)21-27(34)33(22-30)26-15-13-24(14-16-26)29(36)28(35)23-9-5-3-6-10-23/h3-16,29,36H,17-22H2,1-2H3. The molecule has 0 radical (unpaired) electrons. The van der Waals surface area contributed by atoms with E-state index in [0.29, 0.717) is 17.5 Å². The van der Waals surface area contributed by atoms with Crippen LogP contribution in [-0.2, 0) is 10.3 Å². The van der Waals surface area contributed by atoms with Crippen LogP contribution in [0.3, 0.4) is 0 Å². The average Bonchev–Trinajstić information content (AvgIpc) is 3.24. The van der Waals surface area contributed by atoms with Crippen LogP contribution in [0.4, 0.5) is 5.69 Å². The summed E-state index contributed by atoms with van der Waals surface area (Å²) in [6, 6.07) is 26.8. The summed E-state index contributed by atoms with van der Waals surface area (Å²) in [7, 11) is 4.32. The molecule has 1 saturated heterocycles. The Labute approximate surface area is 213 Å². The number of Topliss-reactive ketones (excluding diaryl/α,β-unsaturated/α-hetero) is 1. The molecule has 5 rings (SSSR count). The molecule has 1 unspecified atom stereocenters. The van der Waals surface area contributed by atoms with Crippen LogP contribution in [0.15, 0.2) is 84.9 Å². The fourth-order valence-corrected chi connectivity index (χ4v) is 6.15. The summed E-state index contributed by atoms with van der Waals surface area (Å²) in [4.78, 5) is 30.0. The molecule has 3 aromatic rings. The number of anilines is 1. The molecule has 1 atom stereocenters. The second kappa shape index (κ2) is 9.64. The fourth-order valence-electron chi connectivity index (χ4n) is 6.15. The van der Waals surface area contributed by atoms with Gasteiger partial charge in [0.05, 0.1) is 0 Å². The smallest absolute Gasteiger partial charge is 0.227 e. The summed E-state index contributed by atoms with van der Waals surface area (Å²) in [5.41, 5.74) is 3.19. The number of rotatable bonds is 6. The lowest BCUT2D eigenvalue weighted by molar-refractivity contribution is -0.118. The maximum absolute atomic E-state index is 13.1. The number of aliphatic hydroxyl groups is 1. The minimum Gasteiger partial charge on any atom is -0.380 e. The van der Waals surface area contributed by atoms with Crippen molar-refractivity contribution < 1.29 is 14.7 Å². The Hall–Kier alpha value is -3.28. The molecule has 2 fully saturated rings. The van der Waals surface area contributed by atoms with Crippen molar-refractivity contribution in [2.45, 2.75) is 43.7 Å². The molecule has 1 saturated carbocycles. The molecule has 5 heteroatoms. The molecule has 1 N–H and O–H groups in total. The predicted molar refractivity (Wildman–Crippen MR) is 142 cm³/mol. The minimum atomic E-state index is -1.22. The Morgan fingerprint density at radius 3 is 2.03 bits per heavy atom. The SMILES string of the molecule is CN(C)C1(c2ccccc2)CCC2(CC1)CC(=O)N(c1ccc(C(O)C(=O)c3ccccc3)cc1)C2. The Kier molecular flexibility index (Phi) is 6.54. The number of nitrogens with zero attached hydrogens (tertiary/aromatic N) is 2. The fraction of sp³-hybridized carbons (Fsp3) is 0.355. The van der Waals surface area contributed by atoms with Gasteiger partial charge in [-0.25, -0.2) is 0 Å². The molecule has 5 nitrogen and oxygen atoms in total. The van der Waals surface area contributed by atoms with Crippen molar-refractivity contribution in [2.75, 3.05) is 25.5 Å². The van der Waals surface area contributed by atoms with E-state index in [-0.39, 0.29) is 22.6 Å². The van der Waals surface area contributed by atoms with Gasteiger partial charge in [-0.05, 0) is 68.5 Å². The van der Waals surface area contributed by atoms with Crippen LogP contribution in [0.5, 0.6) is 0 Å². The van der Waals surface area contributed by atoms with Crippen molar-refractivity contribution in [3.8, 4) is 0 Å². The van der Waals surface area contributed by atoms with E-state index < -0.39 is 6.10 Å². The quantitative estimate of drug-likeness (QED) is 0.481. The first-order valence-electron chi connectivity index (χ1n) is 12.7. The maximum atomic E-state index is 13.1. The van der Waals surface area contributed by atoms with Gasteiger partial charge in [0.2, 0.25) is 5.91 Å². The van der Waals surface area contributed by atoms with Crippen molar-refractivity contribution in [2.24, 2.45) is 5.41 Å². The first-order chi connectivity index (χ1) is 17.3. The molecule has 3 aromatic carbocycles. The highest BCUT2D eigenvalue weighted by Gasteiger charge is 2.50. The lowest BCUT2D eigenvalue weighted by Gasteiger charge is -2.48. The van der Waals surface area contributed by atoms with Gasteiger partial charge in [0.25, 0.3) is 0 Å². The molecule has 1 amide bonds. The summed E-state index contributed by atoms with van der Waals surface area (Å²) >= 11 is 0. The highest BCUT2D eigenvalue weighted by atomic mass is 16.3. The maximum Gasteiger partial charge on any atom is 0.227 e. The van der Waals surface area contributed by atoms with Crippen LogP contribution >= 0.6 is 0 Å². The third-order valence-electron chi connectivity index (χ3n) is 8.45. The summed E-state index contributed by atoms with van der Waals surface area (Å²) in [5.74, 6) is -0.176. The predicted octanol–water partition coefficient (Wildman–Crippen LogP) is 5.36. The summed E-state index contributed by atoms with van der Waals surface area (Å²) < 4.78 is 0. The zero-order valence-corrected chi connectivity index (χ0v) is 21.1. The number of hydrogen-bond acceptors (Lipinski definition) is 4. The van der Waals surface area contributed by atoms with E-state index in [1.165, 1.54) is 5.56 Å². The van der Waals surface area contributed by atoms with Gasteiger partial charge in [0.1, 0.15) is 6.10 Å². The first-order valence-corrected chi connectivity index (χ1v) is 12.7. The van der Waals surface area contributed by atoms with Gasteiger partial charge in [0, 0.05) is 29.8 Å². The van der Waals surface area contributed by atoms with E-state index in [2.05, 4.69) is 49.3 Å². The van der Waals surface area contributed by atoms with Crippen LogP contribution < -0.4 is 4.90 Å². The van der Waals surface area contributed by atoms with Crippen LogP contribution in [-0.4, -0.2) is 42.3 Å². The number of benzene rings is 3. The van der Waals surface area contributed by atoms with E-state index in [4.69, 9.17) is 0 Å². The van der Waals surface area contributed by atoms with Crippen LogP contribution in [0.2, 0.25) is 0 Å². The zero-order chi connectivity index (χ0) is 25.3. The summed E-state index contributed by atoms with van der Waals surface area (Å²) in [6.45, 7) is 0.717. The highest BCUT2D eigenvalue weighted by molar-refractivity contribution is 6.00. The zero-order valence-electron chi connectivity index (χ0n) is 21.1. The molecule has 1 aliphatic heterocycles. The van der Waals surface area contributed by atoms with Gasteiger partial charge in [-0.15, -0.1) is 0 Å². The molecular formula is C31H34N2O3. The lowest BCUT2D eigenvalue weighted by Crippen LogP contribution is -2.47. The van der Waals surface area contributed by atoms with E-state index in [1.807, 2.05) is 23.1 Å². The molecule has 1 aliphatic carbocycles. The van der Waals surface area contributed by atoms with Gasteiger partial charge in [-0.2, -0.15) is 0 Å². The number of carbonyl (C=O) groups is 2. The highest BCUT2D eigenvalue weighted by Crippen LogP contribution is 2.52. The summed E-state index contributed by atoms with van der Waals surface area (Å²) in [5, 5.41) is 10.6. The second-order valence-corrected chi connectivity index (χ2v) is 10.7. The number of aliphatic hydroxyl groups excluding tert-OH is 1. The first kappa shape index (κ1) is 24.4. The van der Waals surface area contributed by atoms with Gasteiger partial charge < -0.3 is 10.0 Å². The van der Waals surface area contributed by atoms with Crippen molar-refractivity contribution >= 4 is 17.4 Å². The third-order valence-corrected chi connectivity index (χ3v) is 8.45. The number of carbonyl (C=O) groups excluding carboxylic acids is 2. The molecule has 186 valence electrons. The average molecular weight is 483 g/mol. The molecule has 0 aromatic heterocycles. The van der Waals surface area contributed by atoms with E-state index >= 15 is 0 Å². The van der Waals surface area contributed by atoms with Crippen molar-refractivity contribution in [3.63, 3.8) is 0 Å². The largest absolute Gasteiger partial charge is 0.380 e. The number of hydrogen-bond donors (Lipinski definition) is 1. The molecule has 2 aliphatic rings. The molecular weight excluding hydrogens is 448 g/mol. The van der Waals surface area contributed by atoms with E-state index in [0.717, 1.165) is 37.9 Å². The Balaban J connectivity index is 1.29. The van der Waals surface area contributed by atoms with Gasteiger partial charge in [0.15, 0.2) is 5.78 Å². The Morgan fingerprint density at radius 2 is 1.44 bits per heavy atom. The Morgan fingerprint density at radius 1 is 0.861 bits per heavy atom. The normalized spacial score (nSPS) is 24.9. The topological polar surface area (TPSA) is 60.9 Å². The summed E-state index contributed by atoms with van der Waals surface area (Å²) in [6.07, 6.45) is 3.41. The van der Waals surface area contributed by atoms with E-state index in [9.17, 15) is 14.7 Å². The van der Waals surface area contributed by atoms with E-state index in [1.54, 1.807) is 36.4 Å². The van der Waals surface area contributed by atoms with Gasteiger partial charge >= 0.3 is 0 Å². The lowest BCUT2D eigenvalue weighted by atomic mass is 9.64. The molecule has 0 bridgehead atoms. The Bertz CT molecular complexity index is 1210. The second-order valence-electron chi connectivity index (χ2n) is 10.7. The molecule has 1 spiro atoms. The van der Waals surface area contributed by atoms with Crippen LogP contribution in [0, 0.1) is 5.41 Å². The number of amides is 1. The van der Waals surface area contributed by atoms with Crippen molar-refractivity contribution in [1.29, 1.82) is 0 Å². The van der Waals surface area contributed by atoms with Crippen molar-refractivity contribution in [3.05, 3.63) is 102 Å². The van der Waals surface area contributed by atoms with Crippen LogP contribution in [0.1, 0.15) is 59.7 Å². The van der Waals surface area contributed by atoms with Crippen LogP contribution in [0.25, 0.3) is 0 Å². The number of ketones is 1. The monoisotopic (exact) mass is 482 g/mol.